The largest absolute Gasteiger partial charge is 0.497 e. The van der Waals surface area contributed by atoms with Crippen LogP contribution in [0.4, 0.5) is 5.69 Å². The first-order valence-electron chi connectivity index (χ1n) is 5.86. The lowest BCUT2D eigenvalue weighted by Crippen LogP contribution is -2.24. The molecule has 0 amide bonds. The normalized spacial score (nSPS) is 10.6. The van der Waals surface area contributed by atoms with Crippen molar-refractivity contribution < 1.29 is 4.74 Å². The van der Waals surface area contributed by atoms with Gasteiger partial charge in [0.05, 0.1) is 7.11 Å². The second kappa shape index (κ2) is 6.30. The molecule has 0 radical (unpaired) electrons. The molecule has 0 aromatic heterocycles. The van der Waals surface area contributed by atoms with Gasteiger partial charge in [0.1, 0.15) is 5.75 Å². The summed E-state index contributed by atoms with van der Waals surface area (Å²) in [6.07, 6.45) is 0. The Labute approximate surface area is 104 Å². The first-order chi connectivity index (χ1) is 8.06. The maximum absolute atomic E-state index is 6.00. The number of rotatable bonds is 6. The van der Waals surface area contributed by atoms with Gasteiger partial charge in [-0.05, 0) is 25.1 Å². The SMILES string of the molecule is C=C(C)CN(CC)Cc1ccc(OC)cc1N. The van der Waals surface area contributed by atoms with Crippen molar-refractivity contribution in [1.29, 1.82) is 0 Å². The Morgan fingerprint density at radius 3 is 2.65 bits per heavy atom. The lowest BCUT2D eigenvalue weighted by atomic mass is 10.1. The van der Waals surface area contributed by atoms with E-state index in [1.807, 2.05) is 25.1 Å². The minimum Gasteiger partial charge on any atom is -0.497 e. The predicted octanol–water partition coefficient (Wildman–Crippen LogP) is 2.68. The topological polar surface area (TPSA) is 38.5 Å². The number of likely N-dealkylation sites (N-methyl/N-ethyl adjacent to an activating group) is 1. The van der Waals surface area contributed by atoms with Gasteiger partial charge in [0, 0.05) is 24.8 Å². The molecule has 0 saturated heterocycles. The van der Waals surface area contributed by atoms with Gasteiger partial charge in [0.2, 0.25) is 0 Å². The first-order valence-corrected chi connectivity index (χ1v) is 5.86. The van der Waals surface area contributed by atoms with Crippen LogP contribution < -0.4 is 10.5 Å². The summed E-state index contributed by atoms with van der Waals surface area (Å²) >= 11 is 0. The highest BCUT2D eigenvalue weighted by Crippen LogP contribution is 2.21. The van der Waals surface area contributed by atoms with Gasteiger partial charge in [-0.3, -0.25) is 4.90 Å². The summed E-state index contributed by atoms with van der Waals surface area (Å²) in [4.78, 5) is 2.31. The molecule has 0 bridgehead atoms. The average molecular weight is 234 g/mol. The first kappa shape index (κ1) is 13.6. The molecule has 0 saturated carbocycles. The van der Waals surface area contributed by atoms with Gasteiger partial charge in [-0.1, -0.05) is 25.1 Å². The number of nitrogens with two attached hydrogens (primary N) is 1. The molecular formula is C14H22N2O. The van der Waals surface area contributed by atoms with Crippen LogP contribution in [0.3, 0.4) is 0 Å². The molecule has 0 heterocycles. The molecule has 0 spiro atoms. The molecular weight excluding hydrogens is 212 g/mol. The summed E-state index contributed by atoms with van der Waals surface area (Å²) in [5.74, 6) is 0.800. The van der Waals surface area contributed by atoms with Gasteiger partial charge in [-0.15, -0.1) is 0 Å². The van der Waals surface area contributed by atoms with Gasteiger partial charge >= 0.3 is 0 Å². The lowest BCUT2D eigenvalue weighted by Gasteiger charge is -2.21. The fourth-order valence-corrected chi connectivity index (χ4v) is 1.75. The molecule has 1 rings (SSSR count). The van der Waals surface area contributed by atoms with E-state index in [0.29, 0.717) is 0 Å². The Morgan fingerprint density at radius 2 is 2.18 bits per heavy atom. The van der Waals surface area contributed by atoms with Crippen molar-refractivity contribution in [2.45, 2.75) is 20.4 Å². The van der Waals surface area contributed by atoms with Gasteiger partial charge in [0.25, 0.3) is 0 Å². The number of hydrogen-bond donors (Lipinski definition) is 1. The second-order valence-electron chi connectivity index (χ2n) is 4.33. The van der Waals surface area contributed by atoms with E-state index < -0.39 is 0 Å². The molecule has 94 valence electrons. The molecule has 0 aliphatic carbocycles. The third-order valence-corrected chi connectivity index (χ3v) is 2.69. The van der Waals surface area contributed by atoms with Crippen LogP contribution in [0, 0.1) is 0 Å². The third kappa shape index (κ3) is 4.11. The Kier molecular flexibility index (Phi) is 5.04. The maximum atomic E-state index is 6.00. The van der Waals surface area contributed by atoms with Gasteiger partial charge in [0.15, 0.2) is 0 Å². The van der Waals surface area contributed by atoms with Crippen LogP contribution in [0.5, 0.6) is 5.75 Å². The fraction of sp³-hybridized carbons (Fsp3) is 0.429. The minimum atomic E-state index is 0.782. The molecule has 0 aliphatic heterocycles. The molecule has 0 atom stereocenters. The van der Waals surface area contributed by atoms with Crippen LogP contribution in [0.2, 0.25) is 0 Å². The van der Waals surface area contributed by atoms with E-state index in [-0.39, 0.29) is 0 Å². The third-order valence-electron chi connectivity index (χ3n) is 2.69. The van der Waals surface area contributed by atoms with Crippen molar-refractivity contribution in [3.8, 4) is 5.75 Å². The van der Waals surface area contributed by atoms with E-state index in [1.165, 1.54) is 5.57 Å². The van der Waals surface area contributed by atoms with Crippen molar-refractivity contribution in [3.63, 3.8) is 0 Å². The van der Waals surface area contributed by atoms with Crippen molar-refractivity contribution >= 4 is 5.69 Å². The molecule has 1 aromatic rings. The van der Waals surface area contributed by atoms with Gasteiger partial charge in [-0.2, -0.15) is 0 Å². The Bertz CT molecular complexity index is 388. The molecule has 3 heteroatoms. The quantitative estimate of drug-likeness (QED) is 0.607. The molecule has 2 N–H and O–H groups in total. The van der Waals surface area contributed by atoms with Gasteiger partial charge in [-0.25, -0.2) is 0 Å². The van der Waals surface area contributed by atoms with Crippen LogP contribution in [0.15, 0.2) is 30.4 Å². The highest BCUT2D eigenvalue weighted by Gasteiger charge is 2.07. The van der Waals surface area contributed by atoms with Gasteiger partial charge < -0.3 is 10.5 Å². The van der Waals surface area contributed by atoms with Crippen molar-refractivity contribution in [3.05, 3.63) is 35.9 Å². The number of hydrogen-bond acceptors (Lipinski definition) is 3. The molecule has 17 heavy (non-hydrogen) atoms. The number of anilines is 1. The van der Waals surface area contributed by atoms with E-state index in [0.717, 1.165) is 36.6 Å². The van der Waals surface area contributed by atoms with Crippen molar-refractivity contribution in [2.75, 3.05) is 25.9 Å². The zero-order valence-electron chi connectivity index (χ0n) is 11.0. The number of methoxy groups -OCH3 is 1. The van der Waals surface area contributed by atoms with Crippen LogP contribution in [0.1, 0.15) is 19.4 Å². The molecule has 0 aliphatic rings. The smallest absolute Gasteiger partial charge is 0.120 e. The minimum absolute atomic E-state index is 0.782. The number of ether oxygens (including phenoxy) is 1. The maximum Gasteiger partial charge on any atom is 0.120 e. The lowest BCUT2D eigenvalue weighted by molar-refractivity contribution is 0.305. The Morgan fingerprint density at radius 1 is 1.47 bits per heavy atom. The average Bonchev–Trinajstić information content (AvgIpc) is 2.29. The Balaban J connectivity index is 2.75. The fourth-order valence-electron chi connectivity index (χ4n) is 1.75. The molecule has 1 aromatic carbocycles. The summed E-state index contributed by atoms with van der Waals surface area (Å²) < 4.78 is 5.14. The number of nitrogens with zero attached hydrogens (tertiary/aromatic N) is 1. The number of nitrogen functional groups attached to an aromatic ring is 1. The molecule has 0 fully saturated rings. The van der Waals surface area contributed by atoms with E-state index in [9.17, 15) is 0 Å². The van der Waals surface area contributed by atoms with E-state index in [1.54, 1.807) is 7.11 Å². The predicted molar refractivity (Wildman–Crippen MR) is 73.2 cm³/mol. The zero-order valence-corrected chi connectivity index (χ0v) is 11.0. The standard InChI is InChI=1S/C14H22N2O/c1-5-16(9-11(2)3)10-12-6-7-13(17-4)8-14(12)15/h6-8H,2,5,9-10,15H2,1,3-4H3. The summed E-state index contributed by atoms with van der Waals surface area (Å²) in [5, 5.41) is 0. The summed E-state index contributed by atoms with van der Waals surface area (Å²) in [6.45, 7) is 10.9. The Hall–Kier alpha value is -1.48. The molecule has 3 nitrogen and oxygen atoms in total. The zero-order chi connectivity index (χ0) is 12.8. The van der Waals surface area contributed by atoms with Crippen molar-refractivity contribution in [2.24, 2.45) is 0 Å². The van der Waals surface area contributed by atoms with Crippen molar-refractivity contribution in [1.82, 2.24) is 4.90 Å². The number of benzene rings is 1. The van der Waals surface area contributed by atoms with E-state index >= 15 is 0 Å². The highest BCUT2D eigenvalue weighted by molar-refractivity contribution is 5.51. The summed E-state index contributed by atoms with van der Waals surface area (Å²) in [5.41, 5.74) is 9.08. The van der Waals surface area contributed by atoms with E-state index in [4.69, 9.17) is 10.5 Å². The highest BCUT2D eigenvalue weighted by atomic mass is 16.5. The van der Waals surface area contributed by atoms with Crippen LogP contribution in [-0.2, 0) is 6.54 Å². The summed E-state index contributed by atoms with van der Waals surface area (Å²) in [7, 11) is 1.65. The molecule has 0 unspecified atom stereocenters. The monoisotopic (exact) mass is 234 g/mol. The summed E-state index contributed by atoms with van der Waals surface area (Å²) in [6, 6.07) is 5.83. The van der Waals surface area contributed by atoms with Crippen LogP contribution in [0.25, 0.3) is 0 Å². The van der Waals surface area contributed by atoms with E-state index in [2.05, 4.69) is 18.4 Å². The van der Waals surface area contributed by atoms with Crippen LogP contribution in [-0.4, -0.2) is 25.1 Å². The van der Waals surface area contributed by atoms with Crippen LogP contribution >= 0.6 is 0 Å². The second-order valence-corrected chi connectivity index (χ2v) is 4.33.